The summed E-state index contributed by atoms with van der Waals surface area (Å²) in [5, 5.41) is 2.37. The van der Waals surface area contributed by atoms with Crippen LogP contribution >= 0.6 is 0 Å². The summed E-state index contributed by atoms with van der Waals surface area (Å²) >= 11 is 0. The normalized spacial score (nSPS) is 10.4. The molecule has 1 aromatic rings. The molecule has 1 aromatic heterocycles. The molecule has 96 valence electrons. The number of hydrogen-bond acceptors (Lipinski definition) is 4. The molecule has 7 nitrogen and oxygen atoms in total. The fourth-order valence-corrected chi connectivity index (χ4v) is 1.47. The van der Waals surface area contributed by atoms with Crippen molar-refractivity contribution in [1.29, 1.82) is 0 Å². The number of carbonyl (C=O) groups excluding carboxylic acids is 1. The van der Waals surface area contributed by atoms with E-state index in [9.17, 15) is 14.4 Å². The monoisotopic (exact) mass is 243 g/mol. The largest absolute Gasteiger partial charge is 0.466 e. The molecular weight excluding hydrogens is 226 g/mol. The molecule has 1 rings (SSSR count). The first-order valence-electron chi connectivity index (χ1n) is 5.68. The molecule has 0 spiro atoms. The van der Waals surface area contributed by atoms with Gasteiger partial charge in [-0.25, -0.2) is 19.4 Å². The molecule has 0 fully saturated rings. The number of H-pyrrole nitrogens is 2. The number of unbranched alkanes of at least 4 members (excludes halogenated alkanes) is 2. The zero-order chi connectivity index (χ0) is 12.7. The number of rotatable bonds is 7. The van der Waals surface area contributed by atoms with Crippen molar-refractivity contribution in [2.45, 2.75) is 39.2 Å². The van der Waals surface area contributed by atoms with E-state index in [4.69, 9.17) is 4.74 Å². The van der Waals surface area contributed by atoms with Gasteiger partial charge in [0.15, 0.2) is 0 Å². The molecule has 0 amide bonds. The maximum atomic E-state index is 11.1. The Hall–Kier alpha value is -1.79. The van der Waals surface area contributed by atoms with E-state index in [1.165, 1.54) is 4.68 Å². The highest BCUT2D eigenvalue weighted by molar-refractivity contribution is 5.69. The molecule has 17 heavy (non-hydrogen) atoms. The van der Waals surface area contributed by atoms with Gasteiger partial charge in [-0.1, -0.05) is 6.42 Å². The predicted molar refractivity (Wildman–Crippen MR) is 60.8 cm³/mol. The lowest BCUT2D eigenvalue weighted by Gasteiger charge is -2.02. The molecular formula is C10H17N3O4. The molecule has 0 radical (unpaired) electrons. The van der Waals surface area contributed by atoms with Gasteiger partial charge >= 0.3 is 17.3 Å². The quantitative estimate of drug-likeness (QED) is 0.520. The van der Waals surface area contributed by atoms with E-state index >= 15 is 0 Å². The SMILES string of the molecule is CCOC(=O)CCCCCn1[nH]c(=O)[nH]c1=O. The van der Waals surface area contributed by atoms with Gasteiger partial charge < -0.3 is 4.74 Å². The van der Waals surface area contributed by atoms with E-state index < -0.39 is 11.4 Å². The number of aromatic nitrogens is 3. The van der Waals surface area contributed by atoms with Gasteiger partial charge in [-0.2, -0.15) is 0 Å². The second kappa shape index (κ2) is 6.72. The third kappa shape index (κ3) is 4.71. The van der Waals surface area contributed by atoms with Crippen molar-refractivity contribution in [3.8, 4) is 0 Å². The second-order valence-corrected chi connectivity index (χ2v) is 3.64. The van der Waals surface area contributed by atoms with Crippen molar-refractivity contribution < 1.29 is 9.53 Å². The highest BCUT2D eigenvalue weighted by Gasteiger charge is 2.02. The fraction of sp³-hybridized carbons (Fsp3) is 0.700. The Balaban J connectivity index is 2.17. The Kier molecular flexibility index (Phi) is 5.25. The van der Waals surface area contributed by atoms with Crippen LogP contribution in [0.25, 0.3) is 0 Å². The minimum Gasteiger partial charge on any atom is -0.466 e. The number of aromatic amines is 2. The molecule has 0 aliphatic rings. The third-order valence-corrected chi connectivity index (χ3v) is 2.27. The van der Waals surface area contributed by atoms with Gasteiger partial charge in [-0.05, 0) is 19.8 Å². The summed E-state index contributed by atoms with van der Waals surface area (Å²) in [5.74, 6) is -0.195. The van der Waals surface area contributed by atoms with Crippen LogP contribution in [-0.2, 0) is 16.1 Å². The van der Waals surface area contributed by atoms with Crippen LogP contribution in [0.4, 0.5) is 0 Å². The summed E-state index contributed by atoms with van der Waals surface area (Å²) < 4.78 is 6.01. The molecule has 0 saturated heterocycles. The number of ether oxygens (including phenoxy) is 1. The standard InChI is InChI=1S/C10H17N3O4/c1-2-17-8(14)6-4-3-5-7-13-10(16)11-9(15)12-13/h2-7H2,1H3,(H2,11,12,15,16). The number of esters is 1. The smallest absolute Gasteiger partial charge is 0.344 e. The average Bonchev–Trinajstić information content (AvgIpc) is 2.57. The van der Waals surface area contributed by atoms with Gasteiger partial charge in [0, 0.05) is 13.0 Å². The average molecular weight is 243 g/mol. The van der Waals surface area contributed by atoms with Crippen molar-refractivity contribution in [2.75, 3.05) is 6.61 Å². The fourth-order valence-electron chi connectivity index (χ4n) is 1.47. The lowest BCUT2D eigenvalue weighted by Crippen LogP contribution is -2.18. The highest BCUT2D eigenvalue weighted by Crippen LogP contribution is 2.01. The van der Waals surface area contributed by atoms with E-state index in [0.717, 1.165) is 19.3 Å². The van der Waals surface area contributed by atoms with Crippen LogP contribution in [0, 0.1) is 0 Å². The van der Waals surface area contributed by atoms with Gasteiger partial charge in [0.25, 0.3) is 0 Å². The molecule has 1 heterocycles. The zero-order valence-electron chi connectivity index (χ0n) is 9.82. The Bertz CT molecular complexity index is 457. The minimum atomic E-state index is -0.499. The van der Waals surface area contributed by atoms with Crippen LogP contribution in [0.1, 0.15) is 32.6 Å². The van der Waals surface area contributed by atoms with Crippen molar-refractivity contribution in [3.63, 3.8) is 0 Å². The zero-order valence-corrected chi connectivity index (χ0v) is 9.82. The number of carbonyl (C=O) groups is 1. The van der Waals surface area contributed by atoms with E-state index in [0.29, 0.717) is 19.6 Å². The van der Waals surface area contributed by atoms with E-state index in [1.807, 2.05) is 0 Å². The molecule has 0 aliphatic heterocycles. The predicted octanol–water partition coefficient (Wildman–Crippen LogP) is -0.0118. The molecule has 0 aromatic carbocycles. The van der Waals surface area contributed by atoms with Crippen molar-refractivity contribution in [3.05, 3.63) is 21.0 Å². The number of nitrogens with zero attached hydrogens (tertiary/aromatic N) is 1. The van der Waals surface area contributed by atoms with Crippen LogP contribution < -0.4 is 11.4 Å². The Morgan fingerprint density at radius 3 is 2.65 bits per heavy atom. The second-order valence-electron chi connectivity index (χ2n) is 3.64. The molecule has 0 saturated carbocycles. The lowest BCUT2D eigenvalue weighted by molar-refractivity contribution is -0.143. The Morgan fingerprint density at radius 2 is 2.06 bits per heavy atom. The lowest BCUT2D eigenvalue weighted by atomic mass is 10.2. The molecule has 0 bridgehead atoms. The highest BCUT2D eigenvalue weighted by atomic mass is 16.5. The maximum Gasteiger partial charge on any atom is 0.344 e. The topological polar surface area (TPSA) is 96.9 Å². The number of nitrogens with one attached hydrogen (secondary N) is 2. The number of hydrogen-bond donors (Lipinski definition) is 2. The molecule has 2 N–H and O–H groups in total. The van der Waals surface area contributed by atoms with E-state index in [-0.39, 0.29) is 5.97 Å². The van der Waals surface area contributed by atoms with Gasteiger partial charge in [-0.3, -0.25) is 9.78 Å². The van der Waals surface area contributed by atoms with Gasteiger partial charge in [0.2, 0.25) is 0 Å². The molecule has 0 atom stereocenters. The summed E-state index contributed by atoms with van der Waals surface area (Å²) in [5.41, 5.74) is -0.929. The molecule has 0 unspecified atom stereocenters. The van der Waals surface area contributed by atoms with Crippen molar-refractivity contribution >= 4 is 5.97 Å². The van der Waals surface area contributed by atoms with Crippen LogP contribution in [0.3, 0.4) is 0 Å². The van der Waals surface area contributed by atoms with E-state index in [1.54, 1.807) is 6.92 Å². The van der Waals surface area contributed by atoms with Crippen LogP contribution in [-0.4, -0.2) is 27.3 Å². The maximum absolute atomic E-state index is 11.1. The summed E-state index contributed by atoms with van der Waals surface area (Å²) in [6, 6.07) is 0. The third-order valence-electron chi connectivity index (χ3n) is 2.27. The van der Waals surface area contributed by atoms with E-state index in [2.05, 4.69) is 10.1 Å². The molecule has 0 aliphatic carbocycles. The first-order chi connectivity index (χ1) is 8.13. The Labute approximate surface area is 97.8 Å². The van der Waals surface area contributed by atoms with Gasteiger partial charge in [-0.15, -0.1) is 0 Å². The minimum absolute atomic E-state index is 0.195. The summed E-state index contributed by atoms with van der Waals surface area (Å²) in [6.45, 7) is 2.62. The van der Waals surface area contributed by atoms with Crippen molar-refractivity contribution in [2.24, 2.45) is 0 Å². The summed E-state index contributed by atoms with van der Waals surface area (Å²) in [6.07, 6.45) is 2.65. The number of aryl methyl sites for hydroxylation is 1. The first kappa shape index (κ1) is 13.3. The van der Waals surface area contributed by atoms with Crippen molar-refractivity contribution in [1.82, 2.24) is 14.8 Å². The van der Waals surface area contributed by atoms with Crippen LogP contribution in [0.2, 0.25) is 0 Å². The van der Waals surface area contributed by atoms with Crippen LogP contribution in [0.5, 0.6) is 0 Å². The first-order valence-corrected chi connectivity index (χ1v) is 5.68. The van der Waals surface area contributed by atoms with Gasteiger partial charge in [0.1, 0.15) is 0 Å². The summed E-state index contributed by atoms with van der Waals surface area (Å²) in [7, 11) is 0. The molecule has 7 heteroatoms. The Morgan fingerprint density at radius 1 is 1.29 bits per heavy atom. The van der Waals surface area contributed by atoms with Crippen LogP contribution in [0.15, 0.2) is 9.59 Å². The van der Waals surface area contributed by atoms with Gasteiger partial charge in [0.05, 0.1) is 6.61 Å². The summed E-state index contributed by atoms with van der Waals surface area (Å²) in [4.78, 5) is 35.0.